The highest BCUT2D eigenvalue weighted by molar-refractivity contribution is 7.99. The van der Waals surface area contributed by atoms with Crippen LogP contribution < -0.4 is 0 Å². The average molecular weight is 357 g/mol. The highest BCUT2D eigenvalue weighted by atomic mass is 32.2. The third kappa shape index (κ3) is 4.50. The Morgan fingerprint density at radius 1 is 1.00 bits per heavy atom. The van der Waals surface area contributed by atoms with Gasteiger partial charge in [0.15, 0.2) is 0 Å². The van der Waals surface area contributed by atoms with Crippen LogP contribution in [0.4, 0.5) is 4.39 Å². The quantitative estimate of drug-likeness (QED) is 0.556. The van der Waals surface area contributed by atoms with E-state index < -0.39 is 6.17 Å². The zero-order valence-electron chi connectivity index (χ0n) is 16.0. The number of ether oxygens (including phenoxy) is 1. The summed E-state index contributed by atoms with van der Waals surface area (Å²) in [6.45, 7) is 10.5. The molecule has 3 fully saturated rings. The van der Waals surface area contributed by atoms with Crippen LogP contribution in [-0.4, -0.2) is 29.9 Å². The van der Waals surface area contributed by atoms with E-state index in [1.165, 1.54) is 25.0 Å². The lowest BCUT2D eigenvalue weighted by Crippen LogP contribution is -2.46. The third-order valence-electron chi connectivity index (χ3n) is 7.22. The molecule has 6 atom stereocenters. The SMILES string of the molecule is CC(C)C1CCSC(CC(C)C2COC2CC(C)C2CC(F)C2)C1. The van der Waals surface area contributed by atoms with E-state index in [-0.39, 0.29) is 0 Å². The first-order valence-corrected chi connectivity index (χ1v) is 11.4. The molecule has 0 N–H and O–H groups in total. The van der Waals surface area contributed by atoms with Crippen molar-refractivity contribution in [3.05, 3.63) is 0 Å². The summed E-state index contributed by atoms with van der Waals surface area (Å²) in [5, 5.41) is 0.860. The second-order valence-electron chi connectivity index (χ2n) is 9.31. The Labute approximate surface area is 152 Å². The first kappa shape index (κ1) is 19.0. The van der Waals surface area contributed by atoms with Gasteiger partial charge in [0.2, 0.25) is 0 Å². The second kappa shape index (κ2) is 8.29. The maximum absolute atomic E-state index is 13.1. The normalized spacial score (nSPS) is 42.2. The molecule has 1 saturated carbocycles. The van der Waals surface area contributed by atoms with Gasteiger partial charge < -0.3 is 4.74 Å². The highest BCUT2D eigenvalue weighted by Gasteiger charge is 2.41. The van der Waals surface area contributed by atoms with Gasteiger partial charge in [-0.3, -0.25) is 0 Å². The van der Waals surface area contributed by atoms with Crippen molar-refractivity contribution in [3.8, 4) is 0 Å². The fraction of sp³-hybridized carbons (Fsp3) is 1.00. The molecule has 0 spiro atoms. The fourth-order valence-corrected chi connectivity index (χ4v) is 6.59. The Hall–Kier alpha value is 0.240. The van der Waals surface area contributed by atoms with Crippen molar-refractivity contribution in [2.75, 3.05) is 12.4 Å². The van der Waals surface area contributed by atoms with Crippen molar-refractivity contribution in [1.29, 1.82) is 0 Å². The molecule has 140 valence electrons. The molecule has 0 aromatic rings. The Morgan fingerprint density at radius 2 is 1.75 bits per heavy atom. The van der Waals surface area contributed by atoms with Gasteiger partial charge in [0.05, 0.1) is 12.7 Å². The minimum atomic E-state index is -0.522. The largest absolute Gasteiger partial charge is 0.377 e. The molecule has 2 heterocycles. The smallest absolute Gasteiger partial charge is 0.101 e. The van der Waals surface area contributed by atoms with Gasteiger partial charge in [0, 0.05) is 11.2 Å². The fourth-order valence-electron chi connectivity index (χ4n) is 5.00. The molecular formula is C21H37FOS. The highest BCUT2D eigenvalue weighted by Crippen LogP contribution is 2.43. The second-order valence-corrected chi connectivity index (χ2v) is 10.7. The molecule has 3 rings (SSSR count). The predicted molar refractivity (Wildman–Crippen MR) is 102 cm³/mol. The molecule has 3 aliphatic rings. The van der Waals surface area contributed by atoms with Crippen LogP contribution in [0.5, 0.6) is 0 Å². The van der Waals surface area contributed by atoms with E-state index in [4.69, 9.17) is 4.74 Å². The van der Waals surface area contributed by atoms with Gasteiger partial charge in [-0.1, -0.05) is 27.7 Å². The summed E-state index contributed by atoms with van der Waals surface area (Å²) in [4.78, 5) is 0. The molecule has 2 saturated heterocycles. The van der Waals surface area contributed by atoms with Crippen molar-refractivity contribution in [1.82, 2.24) is 0 Å². The first-order valence-electron chi connectivity index (χ1n) is 10.3. The molecule has 6 unspecified atom stereocenters. The van der Waals surface area contributed by atoms with E-state index in [9.17, 15) is 4.39 Å². The van der Waals surface area contributed by atoms with E-state index in [2.05, 4.69) is 39.5 Å². The molecule has 3 heteroatoms. The monoisotopic (exact) mass is 356 g/mol. The van der Waals surface area contributed by atoms with E-state index in [0.717, 1.165) is 54.8 Å². The Bertz CT molecular complexity index is 395. The molecule has 0 aromatic heterocycles. The lowest BCUT2D eigenvalue weighted by molar-refractivity contribution is -0.149. The van der Waals surface area contributed by atoms with Crippen LogP contribution in [0.1, 0.15) is 66.2 Å². The van der Waals surface area contributed by atoms with E-state index in [1.807, 2.05) is 0 Å². The van der Waals surface area contributed by atoms with Crippen molar-refractivity contribution >= 4 is 11.8 Å². The van der Waals surface area contributed by atoms with Crippen molar-refractivity contribution in [2.24, 2.45) is 35.5 Å². The van der Waals surface area contributed by atoms with Crippen LogP contribution >= 0.6 is 11.8 Å². The standard InChI is InChI=1S/C21H37FOS/c1-13(2)16-5-6-24-19(11-16)7-15(4)20-12-23-21(20)8-14(3)17-9-18(22)10-17/h13-21H,5-12H2,1-4H3. The summed E-state index contributed by atoms with van der Waals surface area (Å²) in [5.74, 6) is 5.89. The summed E-state index contributed by atoms with van der Waals surface area (Å²) >= 11 is 2.22. The number of halogens is 1. The number of thioether (sulfide) groups is 1. The number of alkyl halides is 1. The van der Waals surface area contributed by atoms with Gasteiger partial charge in [-0.05, 0) is 73.9 Å². The van der Waals surface area contributed by atoms with Gasteiger partial charge in [0.25, 0.3) is 0 Å². The van der Waals surface area contributed by atoms with E-state index in [0.29, 0.717) is 17.9 Å². The molecule has 1 aliphatic carbocycles. The van der Waals surface area contributed by atoms with Crippen LogP contribution in [-0.2, 0) is 4.74 Å². The first-order chi connectivity index (χ1) is 11.4. The lowest BCUT2D eigenvalue weighted by Gasteiger charge is -2.45. The summed E-state index contributed by atoms with van der Waals surface area (Å²) in [5.41, 5.74) is 0. The summed E-state index contributed by atoms with van der Waals surface area (Å²) < 4.78 is 19.0. The van der Waals surface area contributed by atoms with Crippen molar-refractivity contribution in [3.63, 3.8) is 0 Å². The van der Waals surface area contributed by atoms with Gasteiger partial charge in [-0.15, -0.1) is 0 Å². The van der Waals surface area contributed by atoms with Crippen molar-refractivity contribution in [2.45, 2.75) is 83.7 Å². The van der Waals surface area contributed by atoms with Gasteiger partial charge in [-0.2, -0.15) is 11.8 Å². The summed E-state index contributed by atoms with van der Waals surface area (Å²) in [7, 11) is 0. The van der Waals surface area contributed by atoms with Crippen molar-refractivity contribution < 1.29 is 9.13 Å². The van der Waals surface area contributed by atoms with Gasteiger partial charge in [0.1, 0.15) is 6.17 Å². The number of rotatable bonds is 7. The predicted octanol–water partition coefficient (Wildman–Crippen LogP) is 5.97. The van der Waals surface area contributed by atoms with Crippen LogP contribution in [0, 0.1) is 35.5 Å². The van der Waals surface area contributed by atoms with Crippen LogP contribution in [0.3, 0.4) is 0 Å². The van der Waals surface area contributed by atoms with Crippen LogP contribution in [0.25, 0.3) is 0 Å². The molecular weight excluding hydrogens is 319 g/mol. The molecule has 2 aliphatic heterocycles. The maximum Gasteiger partial charge on any atom is 0.101 e. The Kier molecular flexibility index (Phi) is 6.57. The minimum Gasteiger partial charge on any atom is -0.377 e. The minimum absolute atomic E-state index is 0.447. The van der Waals surface area contributed by atoms with Gasteiger partial charge in [-0.25, -0.2) is 4.39 Å². The molecule has 24 heavy (non-hydrogen) atoms. The topological polar surface area (TPSA) is 9.23 Å². The van der Waals surface area contributed by atoms with Crippen LogP contribution in [0.2, 0.25) is 0 Å². The third-order valence-corrected chi connectivity index (χ3v) is 8.55. The van der Waals surface area contributed by atoms with Crippen LogP contribution in [0.15, 0.2) is 0 Å². The zero-order chi connectivity index (χ0) is 17.3. The zero-order valence-corrected chi connectivity index (χ0v) is 16.9. The lowest BCUT2D eigenvalue weighted by atomic mass is 9.70. The average Bonchev–Trinajstić information content (AvgIpc) is 2.48. The molecule has 0 amide bonds. The Morgan fingerprint density at radius 3 is 2.33 bits per heavy atom. The molecule has 0 radical (unpaired) electrons. The molecule has 0 bridgehead atoms. The molecule has 0 aromatic carbocycles. The van der Waals surface area contributed by atoms with E-state index >= 15 is 0 Å². The summed E-state index contributed by atoms with van der Waals surface area (Å²) in [6.07, 6.45) is 6.86. The van der Waals surface area contributed by atoms with E-state index in [1.54, 1.807) is 0 Å². The summed E-state index contributed by atoms with van der Waals surface area (Å²) in [6, 6.07) is 0. The number of hydrogen-bond donors (Lipinski definition) is 0. The Balaban J connectivity index is 1.42. The number of hydrogen-bond acceptors (Lipinski definition) is 2. The van der Waals surface area contributed by atoms with Gasteiger partial charge >= 0.3 is 0 Å². The maximum atomic E-state index is 13.1. The molecule has 1 nitrogen and oxygen atoms in total.